The number of hydrogen-bond donors (Lipinski definition) is 2. The number of nitrogens with one attached hydrogen (secondary N) is 2. The Kier molecular flexibility index (Phi) is 5.04. The number of hydrogen-bond acceptors (Lipinski definition) is 3. The molecule has 16 heavy (non-hydrogen) atoms. The summed E-state index contributed by atoms with van der Waals surface area (Å²) in [5.74, 6) is -0.0226. The summed E-state index contributed by atoms with van der Waals surface area (Å²) in [6.45, 7) is 1.70. The topological polar surface area (TPSA) is 70.7 Å². The zero-order valence-electron chi connectivity index (χ0n) is 9.78. The van der Waals surface area contributed by atoms with E-state index in [0.717, 1.165) is 6.42 Å². The number of likely N-dealkylation sites (tertiary alicyclic amines) is 1. The Hall–Kier alpha value is -1.30. The summed E-state index contributed by atoms with van der Waals surface area (Å²) in [5, 5.41) is 5.45. The molecule has 1 fully saturated rings. The van der Waals surface area contributed by atoms with Crippen molar-refractivity contribution >= 4 is 11.9 Å². The number of nitrogens with zero attached hydrogens (tertiary/aromatic N) is 1. The lowest BCUT2D eigenvalue weighted by Gasteiger charge is -2.16. The maximum Gasteiger partial charge on any atom is 0.317 e. The van der Waals surface area contributed by atoms with Crippen molar-refractivity contribution in [1.29, 1.82) is 0 Å². The molecule has 0 bridgehead atoms. The second-order valence-corrected chi connectivity index (χ2v) is 3.80. The number of carbonyl (C=O) groups excluding carboxylic acids is 2. The predicted molar refractivity (Wildman–Crippen MR) is 59.1 cm³/mol. The summed E-state index contributed by atoms with van der Waals surface area (Å²) in [6, 6.07) is -0.0182. The Bertz CT molecular complexity index is 258. The van der Waals surface area contributed by atoms with Gasteiger partial charge in [-0.3, -0.25) is 4.79 Å². The van der Waals surface area contributed by atoms with Crippen LogP contribution in [0.1, 0.15) is 12.8 Å². The Morgan fingerprint density at radius 1 is 1.50 bits per heavy atom. The van der Waals surface area contributed by atoms with Crippen molar-refractivity contribution in [3.63, 3.8) is 0 Å². The quantitative estimate of drug-likeness (QED) is 0.686. The summed E-state index contributed by atoms with van der Waals surface area (Å²) in [4.78, 5) is 24.4. The monoisotopic (exact) mass is 229 g/mol. The molecule has 92 valence electrons. The van der Waals surface area contributed by atoms with Crippen LogP contribution in [-0.2, 0) is 9.53 Å². The largest absolute Gasteiger partial charge is 0.384 e. The van der Waals surface area contributed by atoms with Crippen LogP contribution in [0, 0.1) is 0 Å². The second kappa shape index (κ2) is 6.32. The van der Waals surface area contributed by atoms with E-state index in [0.29, 0.717) is 26.1 Å². The molecule has 0 spiro atoms. The zero-order valence-corrected chi connectivity index (χ0v) is 9.78. The molecule has 6 heteroatoms. The van der Waals surface area contributed by atoms with E-state index in [-0.39, 0.29) is 18.0 Å². The predicted octanol–water partition coefficient (Wildman–Crippen LogP) is -0.447. The third-order valence-electron chi connectivity index (χ3n) is 2.59. The molecule has 1 rings (SSSR count). The van der Waals surface area contributed by atoms with Gasteiger partial charge in [-0.2, -0.15) is 0 Å². The molecule has 3 amide bonds. The lowest BCUT2D eigenvalue weighted by atomic mass is 10.2. The Morgan fingerprint density at radius 2 is 2.25 bits per heavy atom. The number of carbonyl (C=O) groups is 2. The van der Waals surface area contributed by atoms with Gasteiger partial charge in [0.05, 0.1) is 6.61 Å². The van der Waals surface area contributed by atoms with Gasteiger partial charge >= 0.3 is 6.03 Å². The minimum Gasteiger partial charge on any atom is -0.384 e. The molecule has 2 N–H and O–H groups in total. The number of methoxy groups -OCH3 is 1. The van der Waals surface area contributed by atoms with Crippen LogP contribution in [0.25, 0.3) is 0 Å². The van der Waals surface area contributed by atoms with E-state index in [1.807, 2.05) is 0 Å². The van der Waals surface area contributed by atoms with E-state index in [2.05, 4.69) is 10.6 Å². The van der Waals surface area contributed by atoms with Crippen molar-refractivity contribution in [2.75, 3.05) is 33.9 Å². The van der Waals surface area contributed by atoms with Crippen molar-refractivity contribution in [2.24, 2.45) is 0 Å². The molecule has 0 saturated carbocycles. The minimum absolute atomic E-state index is 0.0226. The molecule has 1 saturated heterocycles. The Morgan fingerprint density at radius 3 is 2.88 bits per heavy atom. The summed E-state index contributed by atoms with van der Waals surface area (Å²) in [5.41, 5.74) is 0. The number of rotatable bonds is 4. The van der Waals surface area contributed by atoms with Crippen molar-refractivity contribution in [3.05, 3.63) is 0 Å². The van der Waals surface area contributed by atoms with Crippen LogP contribution >= 0.6 is 0 Å². The first kappa shape index (κ1) is 12.8. The third kappa shape index (κ3) is 3.69. The van der Waals surface area contributed by atoms with Crippen LogP contribution in [-0.4, -0.2) is 56.7 Å². The van der Waals surface area contributed by atoms with Crippen LogP contribution in [0.5, 0.6) is 0 Å². The highest BCUT2D eigenvalue weighted by Crippen LogP contribution is 2.08. The van der Waals surface area contributed by atoms with Gasteiger partial charge in [-0.25, -0.2) is 4.79 Å². The first-order chi connectivity index (χ1) is 7.67. The maximum absolute atomic E-state index is 11.4. The fraction of sp³-hybridized carbons (Fsp3) is 0.800. The third-order valence-corrected chi connectivity index (χ3v) is 2.59. The zero-order chi connectivity index (χ0) is 12.0. The van der Waals surface area contributed by atoms with Crippen LogP contribution in [0.15, 0.2) is 0 Å². The molecular formula is C10H19N3O3. The molecule has 0 aromatic rings. The first-order valence-electron chi connectivity index (χ1n) is 5.42. The standard InChI is InChI=1S/C10H19N3O3/c1-11-10(15)13-5-3-8(7-13)12-9(14)4-6-16-2/h8H,3-7H2,1-2H3,(H,11,15)(H,12,14)/t8-/m0/s1. The molecule has 1 aliphatic heterocycles. The van der Waals surface area contributed by atoms with Gasteiger partial charge in [-0.05, 0) is 6.42 Å². The smallest absolute Gasteiger partial charge is 0.317 e. The molecule has 0 aromatic heterocycles. The van der Waals surface area contributed by atoms with Gasteiger partial charge in [0, 0.05) is 39.7 Å². The molecule has 0 aromatic carbocycles. The summed E-state index contributed by atoms with van der Waals surface area (Å²) in [6.07, 6.45) is 1.18. The molecule has 1 atom stereocenters. The maximum atomic E-state index is 11.4. The normalized spacial score (nSPS) is 19.6. The molecule has 1 aliphatic rings. The highest BCUT2D eigenvalue weighted by Gasteiger charge is 2.26. The molecule has 0 unspecified atom stereocenters. The Balaban J connectivity index is 2.25. The molecular weight excluding hydrogens is 210 g/mol. The lowest BCUT2D eigenvalue weighted by molar-refractivity contribution is -0.122. The van der Waals surface area contributed by atoms with Crippen LogP contribution in [0.3, 0.4) is 0 Å². The van der Waals surface area contributed by atoms with Gasteiger partial charge < -0.3 is 20.3 Å². The Labute approximate surface area is 95.3 Å². The molecule has 0 aliphatic carbocycles. The minimum atomic E-state index is -0.0892. The average molecular weight is 229 g/mol. The highest BCUT2D eigenvalue weighted by atomic mass is 16.5. The number of urea groups is 1. The van der Waals surface area contributed by atoms with Gasteiger partial charge in [0.15, 0.2) is 0 Å². The van der Waals surface area contributed by atoms with Crippen molar-refractivity contribution in [3.8, 4) is 0 Å². The summed E-state index contributed by atoms with van der Waals surface area (Å²) >= 11 is 0. The van der Waals surface area contributed by atoms with Crippen LogP contribution < -0.4 is 10.6 Å². The number of amides is 3. The summed E-state index contributed by atoms with van der Waals surface area (Å²) < 4.78 is 4.82. The summed E-state index contributed by atoms with van der Waals surface area (Å²) in [7, 11) is 3.17. The van der Waals surface area contributed by atoms with Gasteiger partial charge in [-0.1, -0.05) is 0 Å². The molecule has 0 radical (unpaired) electrons. The second-order valence-electron chi connectivity index (χ2n) is 3.80. The first-order valence-corrected chi connectivity index (χ1v) is 5.42. The van der Waals surface area contributed by atoms with Gasteiger partial charge in [0.1, 0.15) is 0 Å². The number of ether oxygens (including phenoxy) is 1. The fourth-order valence-electron chi connectivity index (χ4n) is 1.72. The highest BCUT2D eigenvalue weighted by molar-refractivity contribution is 5.77. The van der Waals surface area contributed by atoms with E-state index in [1.165, 1.54) is 0 Å². The molecule has 6 nitrogen and oxygen atoms in total. The molecule has 1 heterocycles. The fourth-order valence-corrected chi connectivity index (χ4v) is 1.72. The van der Waals surface area contributed by atoms with E-state index in [4.69, 9.17) is 4.74 Å². The lowest BCUT2D eigenvalue weighted by Crippen LogP contribution is -2.41. The van der Waals surface area contributed by atoms with E-state index in [9.17, 15) is 9.59 Å². The van der Waals surface area contributed by atoms with Crippen molar-refractivity contribution < 1.29 is 14.3 Å². The van der Waals surface area contributed by atoms with Crippen LogP contribution in [0.4, 0.5) is 4.79 Å². The van der Waals surface area contributed by atoms with Gasteiger partial charge in [0.2, 0.25) is 5.91 Å². The van der Waals surface area contributed by atoms with E-state index >= 15 is 0 Å². The van der Waals surface area contributed by atoms with Gasteiger partial charge in [0.25, 0.3) is 0 Å². The van der Waals surface area contributed by atoms with E-state index in [1.54, 1.807) is 19.1 Å². The van der Waals surface area contributed by atoms with Crippen molar-refractivity contribution in [2.45, 2.75) is 18.9 Å². The van der Waals surface area contributed by atoms with E-state index < -0.39 is 0 Å². The SMILES string of the molecule is CNC(=O)N1CC[C@H](NC(=O)CCOC)C1. The van der Waals surface area contributed by atoms with Crippen LogP contribution in [0.2, 0.25) is 0 Å². The van der Waals surface area contributed by atoms with Crippen molar-refractivity contribution in [1.82, 2.24) is 15.5 Å². The van der Waals surface area contributed by atoms with Gasteiger partial charge in [-0.15, -0.1) is 0 Å². The average Bonchev–Trinajstić information content (AvgIpc) is 2.73.